The molecule has 0 amide bonds. The average Bonchev–Trinajstić information content (AvgIpc) is 2.55. The van der Waals surface area contributed by atoms with E-state index in [-0.39, 0.29) is 0 Å². The van der Waals surface area contributed by atoms with Crippen LogP contribution in [0.2, 0.25) is 0 Å². The van der Waals surface area contributed by atoms with E-state index in [0.29, 0.717) is 12.0 Å². The fourth-order valence-corrected chi connectivity index (χ4v) is 2.10. The van der Waals surface area contributed by atoms with Crippen molar-refractivity contribution in [3.05, 3.63) is 36.4 Å². The van der Waals surface area contributed by atoms with E-state index in [1.165, 1.54) is 0 Å². The first-order valence-corrected chi connectivity index (χ1v) is 8.18. The molecule has 1 aromatic heterocycles. The molecule has 0 fully saturated rings. The van der Waals surface area contributed by atoms with Crippen molar-refractivity contribution in [1.29, 1.82) is 0 Å². The van der Waals surface area contributed by atoms with E-state index < -0.39 is 0 Å². The Hall–Kier alpha value is -2.14. The van der Waals surface area contributed by atoms with E-state index in [9.17, 15) is 0 Å². The second-order valence-electron chi connectivity index (χ2n) is 6.01. The maximum Gasteiger partial charge on any atom is 0.225 e. The third kappa shape index (κ3) is 5.53. The summed E-state index contributed by atoms with van der Waals surface area (Å²) in [6.45, 7) is 6.07. The van der Waals surface area contributed by atoms with Gasteiger partial charge in [0, 0.05) is 30.8 Å². The average molecular weight is 313 g/mol. The van der Waals surface area contributed by atoms with Crippen LogP contribution in [-0.2, 0) is 0 Å². The minimum Gasteiger partial charge on any atom is -0.367 e. The highest BCUT2D eigenvalue weighted by Gasteiger charge is 2.08. The number of rotatable bonds is 8. The Kier molecular flexibility index (Phi) is 6.35. The summed E-state index contributed by atoms with van der Waals surface area (Å²) in [5, 5.41) is 6.75. The van der Waals surface area contributed by atoms with Crippen molar-refractivity contribution in [3.63, 3.8) is 0 Å². The summed E-state index contributed by atoms with van der Waals surface area (Å²) in [5.74, 6) is 1.53. The molecule has 5 nitrogen and oxygen atoms in total. The summed E-state index contributed by atoms with van der Waals surface area (Å²) in [7, 11) is 4.11. The first-order chi connectivity index (χ1) is 11.1. The smallest absolute Gasteiger partial charge is 0.225 e. The number of benzene rings is 1. The van der Waals surface area contributed by atoms with Gasteiger partial charge in [0.25, 0.3) is 0 Å². The van der Waals surface area contributed by atoms with Gasteiger partial charge in [-0.25, -0.2) is 4.98 Å². The van der Waals surface area contributed by atoms with Gasteiger partial charge in [0.15, 0.2) is 0 Å². The van der Waals surface area contributed by atoms with Crippen molar-refractivity contribution < 1.29 is 0 Å². The lowest BCUT2D eigenvalue weighted by Gasteiger charge is -2.15. The van der Waals surface area contributed by atoms with Crippen LogP contribution in [0.15, 0.2) is 36.4 Å². The molecule has 2 rings (SSSR count). The van der Waals surface area contributed by atoms with Crippen LogP contribution in [0.3, 0.4) is 0 Å². The summed E-state index contributed by atoms with van der Waals surface area (Å²) in [6, 6.07) is 12.6. The topological polar surface area (TPSA) is 53.1 Å². The van der Waals surface area contributed by atoms with Crippen molar-refractivity contribution in [2.24, 2.45) is 0 Å². The largest absolute Gasteiger partial charge is 0.367 e. The predicted octanol–water partition coefficient (Wildman–Crippen LogP) is 3.33. The molecule has 0 aliphatic rings. The van der Waals surface area contributed by atoms with Gasteiger partial charge >= 0.3 is 0 Å². The summed E-state index contributed by atoms with van der Waals surface area (Å²) in [6.07, 6.45) is 1.05. The molecule has 2 aromatic rings. The molecule has 0 aliphatic heterocycles. The highest BCUT2D eigenvalue weighted by atomic mass is 15.2. The second-order valence-corrected chi connectivity index (χ2v) is 6.01. The molecule has 23 heavy (non-hydrogen) atoms. The molecule has 2 N–H and O–H groups in total. The zero-order valence-corrected chi connectivity index (χ0v) is 14.5. The van der Waals surface area contributed by atoms with Gasteiger partial charge in [0.2, 0.25) is 5.95 Å². The molecule has 0 saturated carbocycles. The van der Waals surface area contributed by atoms with Gasteiger partial charge in [-0.15, -0.1) is 0 Å². The first kappa shape index (κ1) is 17.2. The number of nitrogens with zero attached hydrogens (tertiary/aromatic N) is 3. The maximum absolute atomic E-state index is 4.65. The zero-order valence-electron chi connectivity index (χ0n) is 14.5. The van der Waals surface area contributed by atoms with Crippen molar-refractivity contribution in [2.45, 2.75) is 26.3 Å². The van der Waals surface area contributed by atoms with Gasteiger partial charge in [0.1, 0.15) is 5.82 Å². The minimum atomic E-state index is 0.378. The van der Waals surface area contributed by atoms with E-state index in [1.54, 1.807) is 0 Å². The van der Waals surface area contributed by atoms with Gasteiger partial charge in [-0.05, 0) is 27.4 Å². The molecule has 5 heteroatoms. The molecule has 0 bridgehead atoms. The Morgan fingerprint density at radius 1 is 1.13 bits per heavy atom. The van der Waals surface area contributed by atoms with Gasteiger partial charge in [-0.3, -0.25) is 0 Å². The Morgan fingerprint density at radius 3 is 2.52 bits per heavy atom. The Balaban J connectivity index is 2.24. The lowest BCUT2D eigenvalue weighted by atomic mass is 10.1. The Morgan fingerprint density at radius 2 is 1.87 bits per heavy atom. The number of anilines is 2. The first-order valence-electron chi connectivity index (χ1n) is 8.18. The maximum atomic E-state index is 4.65. The number of hydrogen-bond donors (Lipinski definition) is 2. The van der Waals surface area contributed by atoms with E-state index in [1.807, 2.05) is 24.3 Å². The molecule has 1 aromatic carbocycles. The highest BCUT2D eigenvalue weighted by Crippen LogP contribution is 2.21. The van der Waals surface area contributed by atoms with E-state index >= 15 is 0 Å². The molecule has 1 unspecified atom stereocenters. The number of aromatic nitrogens is 2. The Bertz CT molecular complexity index is 598. The molecular formula is C18H27N5. The normalized spacial score (nSPS) is 12.2. The van der Waals surface area contributed by atoms with Gasteiger partial charge in [-0.1, -0.05) is 37.3 Å². The van der Waals surface area contributed by atoms with E-state index in [4.69, 9.17) is 0 Å². The standard InChI is InChI=1S/C18H27N5/c1-5-14(2)20-17-13-16(15-9-7-6-8-10-15)21-18(22-17)19-11-12-23(3)4/h6-10,13-14H,5,11-12H2,1-4H3,(H2,19,20,21,22). The molecule has 0 saturated heterocycles. The van der Waals surface area contributed by atoms with E-state index in [0.717, 1.165) is 36.6 Å². The van der Waals surface area contributed by atoms with Crippen molar-refractivity contribution in [3.8, 4) is 11.3 Å². The fourth-order valence-electron chi connectivity index (χ4n) is 2.10. The van der Waals surface area contributed by atoms with Crippen LogP contribution in [0.4, 0.5) is 11.8 Å². The predicted molar refractivity (Wildman–Crippen MR) is 97.9 cm³/mol. The lowest BCUT2D eigenvalue weighted by Crippen LogP contribution is -2.22. The molecule has 1 atom stereocenters. The Labute approximate surface area is 139 Å². The summed E-state index contributed by atoms with van der Waals surface area (Å²) in [5.41, 5.74) is 2.02. The van der Waals surface area contributed by atoms with Crippen LogP contribution in [0, 0.1) is 0 Å². The molecular weight excluding hydrogens is 286 g/mol. The lowest BCUT2D eigenvalue weighted by molar-refractivity contribution is 0.425. The van der Waals surface area contributed by atoms with Gasteiger partial charge in [-0.2, -0.15) is 4.98 Å². The quantitative estimate of drug-likeness (QED) is 0.783. The number of nitrogens with one attached hydrogen (secondary N) is 2. The molecule has 0 spiro atoms. The van der Waals surface area contributed by atoms with Crippen molar-refractivity contribution >= 4 is 11.8 Å². The van der Waals surface area contributed by atoms with E-state index in [2.05, 4.69) is 65.6 Å². The number of hydrogen-bond acceptors (Lipinski definition) is 5. The highest BCUT2D eigenvalue weighted by molar-refractivity contribution is 5.64. The number of likely N-dealkylation sites (N-methyl/N-ethyl adjacent to an activating group) is 1. The summed E-state index contributed by atoms with van der Waals surface area (Å²) in [4.78, 5) is 11.4. The third-order valence-corrected chi connectivity index (χ3v) is 3.64. The van der Waals surface area contributed by atoms with Crippen LogP contribution in [0.25, 0.3) is 11.3 Å². The zero-order chi connectivity index (χ0) is 16.7. The van der Waals surface area contributed by atoms with Crippen LogP contribution in [-0.4, -0.2) is 48.1 Å². The van der Waals surface area contributed by atoms with Crippen LogP contribution in [0.1, 0.15) is 20.3 Å². The monoisotopic (exact) mass is 313 g/mol. The van der Waals surface area contributed by atoms with Gasteiger partial charge < -0.3 is 15.5 Å². The SMILES string of the molecule is CCC(C)Nc1cc(-c2ccccc2)nc(NCCN(C)C)n1. The van der Waals surface area contributed by atoms with Crippen LogP contribution < -0.4 is 10.6 Å². The van der Waals surface area contributed by atoms with Crippen LogP contribution in [0.5, 0.6) is 0 Å². The van der Waals surface area contributed by atoms with Gasteiger partial charge in [0.05, 0.1) is 5.69 Å². The van der Waals surface area contributed by atoms with Crippen molar-refractivity contribution in [2.75, 3.05) is 37.8 Å². The van der Waals surface area contributed by atoms with Crippen molar-refractivity contribution in [1.82, 2.24) is 14.9 Å². The summed E-state index contributed by atoms with van der Waals surface area (Å²) >= 11 is 0. The molecule has 124 valence electrons. The molecule has 0 aliphatic carbocycles. The third-order valence-electron chi connectivity index (χ3n) is 3.64. The minimum absolute atomic E-state index is 0.378. The fraction of sp³-hybridized carbons (Fsp3) is 0.444. The molecule has 1 heterocycles. The summed E-state index contributed by atoms with van der Waals surface area (Å²) < 4.78 is 0. The molecule has 0 radical (unpaired) electrons. The van der Waals surface area contributed by atoms with Crippen LogP contribution >= 0.6 is 0 Å². The second kappa shape index (κ2) is 8.48.